The molecule has 1 aromatic carbocycles. The number of imide groups is 1. The molecule has 84 heavy (non-hydrogen) atoms. The van der Waals surface area contributed by atoms with Crippen LogP contribution in [0.3, 0.4) is 0 Å². The zero-order valence-electron chi connectivity index (χ0n) is 48.9. The third-order valence-corrected chi connectivity index (χ3v) is 16.8. The Morgan fingerprint density at radius 1 is 0.714 bits per heavy atom. The Morgan fingerprint density at radius 3 is 1.99 bits per heavy atom. The summed E-state index contributed by atoms with van der Waals surface area (Å²) in [5.74, 6) is -8.34. The zero-order valence-corrected chi connectivity index (χ0v) is 49.8. The fourth-order valence-electron chi connectivity index (χ4n) is 11.2. The van der Waals surface area contributed by atoms with Crippen LogP contribution >= 0.6 is 11.9 Å². The lowest BCUT2D eigenvalue weighted by molar-refractivity contribution is -0.148. The monoisotopic (exact) mass is 1190 g/mol. The SMILES string of the molecule is CCCCCCC1CC(=O)N(SC[C@H](NC(=O)[C@H](Cc2ccccc2)NC(=O)CNC(=O)[C@@H]2CCCN2C(=O)[C@@H]2CCCN2C(=O)[C@H](CCCN=C(N)N)NC(=O)[C@@H](N)CCCCN)C(=O)N2CCC[C@H]2C(=O)N[C@@H](CC(C)C)C(=O)O)C1=O. The number of aliphatic carboxylic acids is 1. The lowest BCUT2D eigenvalue weighted by Crippen LogP contribution is -2.59. The molecule has 466 valence electrons. The van der Waals surface area contributed by atoms with E-state index in [-0.39, 0.29) is 82.3 Å². The number of carboxylic acid groups (broad SMARTS) is 1. The molecule has 0 aromatic heterocycles. The Morgan fingerprint density at radius 2 is 1.35 bits per heavy atom. The Labute approximate surface area is 496 Å². The third-order valence-electron chi connectivity index (χ3n) is 15.6. The van der Waals surface area contributed by atoms with Crippen molar-refractivity contribution in [2.75, 3.05) is 45.0 Å². The van der Waals surface area contributed by atoms with E-state index in [0.29, 0.717) is 69.9 Å². The number of hydrogen-bond donors (Lipinski definition) is 10. The molecule has 0 radical (unpaired) electrons. The normalized spacial score (nSPS) is 20.5. The molecule has 0 spiro atoms. The molecule has 27 heteroatoms. The van der Waals surface area contributed by atoms with Crippen LogP contribution in [0.2, 0.25) is 0 Å². The molecule has 5 rings (SSSR count). The van der Waals surface area contributed by atoms with E-state index in [1.165, 1.54) is 14.7 Å². The van der Waals surface area contributed by atoms with Gasteiger partial charge in [-0.15, -0.1) is 0 Å². The second-order valence-electron chi connectivity index (χ2n) is 22.7. The number of likely N-dealkylation sites (tertiary alicyclic amines) is 3. The van der Waals surface area contributed by atoms with Crippen molar-refractivity contribution in [3.05, 3.63) is 35.9 Å². The molecule has 10 amide bonds. The molecule has 9 atom stereocenters. The third kappa shape index (κ3) is 20.2. The average Bonchev–Trinajstić information content (AvgIpc) is 4.32. The fourth-order valence-corrected chi connectivity index (χ4v) is 12.2. The second kappa shape index (κ2) is 34.2. The first-order valence-electron chi connectivity index (χ1n) is 29.8. The maximum absolute atomic E-state index is 14.7. The first-order chi connectivity index (χ1) is 40.1. The molecule has 1 aromatic rings. The number of nitrogens with zero attached hydrogens (tertiary/aromatic N) is 5. The predicted octanol–water partition coefficient (Wildman–Crippen LogP) is -0.108. The lowest BCUT2D eigenvalue weighted by Gasteiger charge is -2.33. The van der Waals surface area contributed by atoms with Gasteiger partial charge in [-0.2, -0.15) is 0 Å². The van der Waals surface area contributed by atoms with Gasteiger partial charge < -0.3 is 69.3 Å². The number of nitrogens with two attached hydrogens (primary N) is 4. The van der Waals surface area contributed by atoms with Gasteiger partial charge in [-0.3, -0.25) is 52.9 Å². The van der Waals surface area contributed by atoms with Crippen molar-refractivity contribution in [3.8, 4) is 0 Å². The number of carbonyl (C=O) groups excluding carboxylic acids is 10. The molecular formula is C57H90N14O12S. The fraction of sp³-hybridized carbons (Fsp3) is 0.684. The van der Waals surface area contributed by atoms with Crippen molar-refractivity contribution in [1.29, 1.82) is 0 Å². The van der Waals surface area contributed by atoms with Crippen molar-refractivity contribution in [1.82, 2.24) is 45.6 Å². The molecule has 4 saturated heterocycles. The van der Waals surface area contributed by atoms with Crippen molar-refractivity contribution in [3.63, 3.8) is 0 Å². The number of benzene rings is 1. The van der Waals surface area contributed by atoms with E-state index >= 15 is 0 Å². The van der Waals surface area contributed by atoms with E-state index in [1.54, 1.807) is 30.3 Å². The number of amides is 10. The van der Waals surface area contributed by atoms with Crippen LogP contribution in [0.15, 0.2) is 35.3 Å². The van der Waals surface area contributed by atoms with E-state index < -0.39 is 126 Å². The van der Waals surface area contributed by atoms with Crippen molar-refractivity contribution >= 4 is 82.9 Å². The minimum Gasteiger partial charge on any atom is -0.480 e. The van der Waals surface area contributed by atoms with E-state index in [2.05, 4.69) is 38.5 Å². The largest absolute Gasteiger partial charge is 0.480 e. The molecule has 1 unspecified atom stereocenters. The van der Waals surface area contributed by atoms with E-state index in [1.807, 2.05) is 13.8 Å². The summed E-state index contributed by atoms with van der Waals surface area (Å²) in [5, 5.41) is 23.3. The number of hydrogen-bond acceptors (Lipinski definition) is 15. The predicted molar refractivity (Wildman–Crippen MR) is 314 cm³/mol. The van der Waals surface area contributed by atoms with Crippen LogP contribution in [0, 0.1) is 11.8 Å². The smallest absolute Gasteiger partial charge is 0.326 e. The van der Waals surface area contributed by atoms with Gasteiger partial charge in [0.2, 0.25) is 59.1 Å². The van der Waals surface area contributed by atoms with E-state index in [4.69, 9.17) is 22.9 Å². The molecule has 0 bridgehead atoms. The summed E-state index contributed by atoms with van der Waals surface area (Å²) in [7, 11) is 0. The van der Waals surface area contributed by atoms with Crippen LogP contribution in [0.5, 0.6) is 0 Å². The van der Waals surface area contributed by atoms with Crippen LogP contribution in [0.25, 0.3) is 0 Å². The van der Waals surface area contributed by atoms with Gasteiger partial charge in [-0.25, -0.2) is 9.10 Å². The molecule has 0 aliphatic carbocycles. The van der Waals surface area contributed by atoms with Gasteiger partial charge in [-0.05, 0) is 107 Å². The molecular weight excluding hydrogens is 1100 g/mol. The van der Waals surface area contributed by atoms with E-state index in [0.717, 1.165) is 41.9 Å². The molecule has 4 fully saturated rings. The highest BCUT2D eigenvalue weighted by atomic mass is 32.2. The Hall–Kier alpha value is -6.87. The first kappa shape index (κ1) is 67.9. The summed E-state index contributed by atoms with van der Waals surface area (Å²) in [5.41, 5.74) is 23.4. The van der Waals surface area contributed by atoms with Gasteiger partial charge in [-0.1, -0.05) is 83.2 Å². The van der Waals surface area contributed by atoms with Crippen LogP contribution in [0.1, 0.15) is 142 Å². The summed E-state index contributed by atoms with van der Waals surface area (Å²) in [6.07, 6.45) is 8.37. The number of nitrogens with one attached hydrogen (secondary N) is 5. The Bertz CT molecular complexity index is 2490. The number of rotatable bonds is 34. The van der Waals surface area contributed by atoms with Gasteiger partial charge >= 0.3 is 5.97 Å². The van der Waals surface area contributed by atoms with Gasteiger partial charge in [0.25, 0.3) is 0 Å². The Kier molecular flexibility index (Phi) is 27.6. The van der Waals surface area contributed by atoms with Gasteiger partial charge in [0.15, 0.2) is 5.96 Å². The highest BCUT2D eigenvalue weighted by molar-refractivity contribution is 7.98. The number of guanidine groups is 1. The highest BCUT2D eigenvalue weighted by Crippen LogP contribution is 2.32. The van der Waals surface area contributed by atoms with Gasteiger partial charge in [0, 0.05) is 50.7 Å². The van der Waals surface area contributed by atoms with Crippen LogP contribution in [-0.4, -0.2) is 188 Å². The summed E-state index contributed by atoms with van der Waals surface area (Å²) in [6, 6.07) is -0.378. The second-order valence-corrected chi connectivity index (χ2v) is 23.6. The number of carboxylic acids is 1. The first-order valence-corrected chi connectivity index (χ1v) is 30.8. The summed E-state index contributed by atoms with van der Waals surface area (Å²) in [4.78, 5) is 160. The molecule has 4 heterocycles. The molecule has 14 N–H and O–H groups in total. The summed E-state index contributed by atoms with van der Waals surface area (Å²) >= 11 is 0.770. The number of carbonyl (C=O) groups is 11. The van der Waals surface area contributed by atoms with Crippen molar-refractivity contribution < 1.29 is 57.8 Å². The molecule has 4 aliphatic rings. The number of aliphatic imine (C=N–C) groups is 1. The molecule has 0 saturated carbocycles. The minimum absolute atomic E-state index is 0.00457. The average molecular weight is 1200 g/mol. The van der Waals surface area contributed by atoms with Crippen molar-refractivity contribution in [2.24, 2.45) is 39.8 Å². The van der Waals surface area contributed by atoms with Crippen LogP contribution in [-0.2, 0) is 59.2 Å². The summed E-state index contributed by atoms with van der Waals surface area (Å²) < 4.78 is 1.02. The van der Waals surface area contributed by atoms with Crippen molar-refractivity contribution in [2.45, 2.75) is 191 Å². The van der Waals surface area contributed by atoms with Gasteiger partial charge in [0.1, 0.15) is 42.3 Å². The number of unbranched alkanes of at least 4 members (excludes halogenated alkanes) is 4. The summed E-state index contributed by atoms with van der Waals surface area (Å²) in [6.45, 7) is 6.18. The van der Waals surface area contributed by atoms with Crippen LogP contribution in [0.4, 0.5) is 0 Å². The maximum Gasteiger partial charge on any atom is 0.326 e. The Balaban J connectivity index is 1.30. The van der Waals surface area contributed by atoms with E-state index in [9.17, 15) is 57.8 Å². The molecule has 26 nitrogen and oxygen atoms in total. The van der Waals surface area contributed by atoms with Crippen LogP contribution < -0.4 is 49.5 Å². The molecule has 4 aliphatic heterocycles. The standard InChI is InChI=1S/C57H90N14O12S/c1-4-5-6-10-19-37-32-47(73)71(52(37)78)84-34-42(54(80)68-27-15-23-44(68)51(77)66-41(56(82)83)30-35(2)3)67-49(75)40(31-36-17-8-7-9-18-36)64-46(72)33-63-50(76)43-22-14-28-69(43)55(81)45-24-16-29-70(45)53(79)39(21-13-26-62-57(60)61)65-48(74)38(59)20-11-12-25-58/h7-9,17-18,35,37-45H,4-6,10-16,19-34,58-59H2,1-3H3,(H,63,76)(H,64,72)(H,65,74)(H,66,77)(H,67,75)(H,82,83)(H4,60,61,62)/t37?,38-,39-,40-,41-,42-,43-,44-,45-/m0/s1. The zero-order chi connectivity index (χ0) is 61.5. The quantitative estimate of drug-likeness (QED) is 0.0142. The lowest BCUT2D eigenvalue weighted by atomic mass is 9.99. The highest BCUT2D eigenvalue weighted by Gasteiger charge is 2.45. The minimum atomic E-state index is -1.46. The topological polar surface area (TPSA) is 398 Å². The van der Waals surface area contributed by atoms with Gasteiger partial charge in [0.05, 0.1) is 12.6 Å². The maximum atomic E-state index is 14.7.